The average molecular weight is 317 g/mol. The topological polar surface area (TPSA) is 46.6 Å². The van der Waals surface area contributed by atoms with E-state index in [1.165, 1.54) is 0 Å². The van der Waals surface area contributed by atoms with Gasteiger partial charge in [0.15, 0.2) is 0 Å². The molecular weight excluding hydrogens is 298 g/mol. The maximum Gasteiger partial charge on any atom is 0.243 e. The van der Waals surface area contributed by atoms with Gasteiger partial charge in [-0.2, -0.15) is 4.31 Å². The lowest BCUT2D eigenvalue weighted by molar-refractivity contribution is 0.346. The molecule has 0 unspecified atom stereocenters. The molecule has 4 nitrogen and oxygen atoms in total. The lowest BCUT2D eigenvalue weighted by Crippen LogP contribution is -2.35. The lowest BCUT2D eigenvalue weighted by Gasteiger charge is -2.25. The molecule has 2 aromatic rings. The standard InChI is InChI=1S/C17H19NO3S/c19-22(20,18-13-5-2-6-14-18)17-11-9-16(10-12-17)21-15-7-3-1-4-8-15/h1,3-4,7-12H,2,5-6,13-14H2. The summed E-state index contributed by atoms with van der Waals surface area (Å²) in [6, 6.07) is 16.0. The quantitative estimate of drug-likeness (QED) is 0.864. The number of hydrogen-bond acceptors (Lipinski definition) is 3. The minimum Gasteiger partial charge on any atom is -0.457 e. The molecule has 0 spiro atoms. The molecule has 0 aromatic heterocycles. The molecule has 1 aliphatic heterocycles. The van der Waals surface area contributed by atoms with E-state index in [-0.39, 0.29) is 0 Å². The van der Waals surface area contributed by atoms with Gasteiger partial charge in [-0.1, -0.05) is 24.6 Å². The molecule has 0 aliphatic carbocycles. The first kappa shape index (κ1) is 15.1. The number of rotatable bonds is 4. The van der Waals surface area contributed by atoms with Gasteiger partial charge in [-0.15, -0.1) is 0 Å². The largest absolute Gasteiger partial charge is 0.457 e. The Morgan fingerprint density at radius 3 is 2.00 bits per heavy atom. The molecule has 0 N–H and O–H groups in total. The Morgan fingerprint density at radius 1 is 0.773 bits per heavy atom. The zero-order chi connectivity index (χ0) is 15.4. The van der Waals surface area contributed by atoms with Crippen LogP contribution in [0.5, 0.6) is 11.5 Å². The van der Waals surface area contributed by atoms with E-state index in [0.717, 1.165) is 25.0 Å². The summed E-state index contributed by atoms with van der Waals surface area (Å²) in [5.41, 5.74) is 0. The van der Waals surface area contributed by atoms with Crippen LogP contribution in [-0.2, 0) is 10.0 Å². The second kappa shape index (κ2) is 6.50. The highest BCUT2D eigenvalue weighted by atomic mass is 32.2. The number of nitrogens with zero attached hydrogens (tertiary/aromatic N) is 1. The monoisotopic (exact) mass is 317 g/mol. The Balaban J connectivity index is 1.76. The van der Waals surface area contributed by atoms with Crippen LogP contribution in [0.2, 0.25) is 0 Å². The van der Waals surface area contributed by atoms with Crippen molar-refractivity contribution in [1.29, 1.82) is 0 Å². The second-order valence-electron chi connectivity index (χ2n) is 5.35. The predicted molar refractivity (Wildman–Crippen MR) is 85.6 cm³/mol. The number of hydrogen-bond donors (Lipinski definition) is 0. The average Bonchev–Trinajstić information content (AvgIpc) is 2.57. The number of benzene rings is 2. The summed E-state index contributed by atoms with van der Waals surface area (Å²) in [5, 5.41) is 0. The van der Waals surface area contributed by atoms with Crippen molar-refractivity contribution in [2.75, 3.05) is 13.1 Å². The van der Waals surface area contributed by atoms with E-state index in [0.29, 0.717) is 23.7 Å². The van der Waals surface area contributed by atoms with Gasteiger partial charge in [-0.25, -0.2) is 8.42 Å². The molecule has 0 saturated carbocycles. The van der Waals surface area contributed by atoms with Gasteiger partial charge in [0.2, 0.25) is 10.0 Å². The molecule has 1 heterocycles. The summed E-state index contributed by atoms with van der Waals surface area (Å²) < 4.78 is 32.3. The van der Waals surface area contributed by atoms with Crippen LogP contribution in [0.25, 0.3) is 0 Å². The first-order chi connectivity index (χ1) is 10.7. The Labute approximate surface area is 131 Å². The van der Waals surface area contributed by atoms with Gasteiger partial charge in [-0.05, 0) is 49.2 Å². The third-order valence-corrected chi connectivity index (χ3v) is 5.67. The normalized spacial score (nSPS) is 16.4. The predicted octanol–water partition coefficient (Wildman–Crippen LogP) is 3.65. The highest BCUT2D eigenvalue weighted by Crippen LogP contribution is 2.25. The smallest absolute Gasteiger partial charge is 0.243 e. The van der Waals surface area contributed by atoms with Crippen LogP contribution in [0.3, 0.4) is 0 Å². The van der Waals surface area contributed by atoms with Gasteiger partial charge in [0.1, 0.15) is 11.5 Å². The van der Waals surface area contributed by atoms with Crippen LogP contribution in [-0.4, -0.2) is 25.8 Å². The number of para-hydroxylation sites is 1. The molecular formula is C17H19NO3S. The van der Waals surface area contributed by atoms with E-state index in [4.69, 9.17) is 4.74 Å². The molecule has 0 radical (unpaired) electrons. The molecule has 2 aromatic carbocycles. The van der Waals surface area contributed by atoms with E-state index in [1.54, 1.807) is 28.6 Å². The van der Waals surface area contributed by atoms with E-state index in [9.17, 15) is 8.42 Å². The van der Waals surface area contributed by atoms with Crippen LogP contribution in [0.1, 0.15) is 19.3 Å². The zero-order valence-electron chi connectivity index (χ0n) is 12.3. The summed E-state index contributed by atoms with van der Waals surface area (Å²) in [5.74, 6) is 1.36. The molecule has 5 heteroatoms. The Kier molecular flexibility index (Phi) is 4.45. The molecule has 1 saturated heterocycles. The zero-order valence-corrected chi connectivity index (χ0v) is 13.1. The summed E-state index contributed by atoms with van der Waals surface area (Å²) in [7, 11) is -3.37. The van der Waals surface area contributed by atoms with Gasteiger partial charge >= 0.3 is 0 Å². The van der Waals surface area contributed by atoms with Crippen molar-refractivity contribution in [2.24, 2.45) is 0 Å². The first-order valence-corrected chi connectivity index (χ1v) is 8.93. The maximum absolute atomic E-state index is 12.5. The molecule has 22 heavy (non-hydrogen) atoms. The van der Waals surface area contributed by atoms with Crippen molar-refractivity contribution < 1.29 is 13.2 Å². The van der Waals surface area contributed by atoms with Gasteiger partial charge < -0.3 is 4.74 Å². The third-order valence-electron chi connectivity index (χ3n) is 3.76. The summed E-state index contributed by atoms with van der Waals surface area (Å²) >= 11 is 0. The molecule has 1 fully saturated rings. The Morgan fingerprint density at radius 2 is 1.36 bits per heavy atom. The minimum atomic E-state index is -3.37. The Hall–Kier alpha value is -1.85. The fourth-order valence-electron chi connectivity index (χ4n) is 2.56. The van der Waals surface area contributed by atoms with Crippen molar-refractivity contribution in [1.82, 2.24) is 4.31 Å². The van der Waals surface area contributed by atoms with E-state index in [2.05, 4.69) is 0 Å². The van der Waals surface area contributed by atoms with E-state index < -0.39 is 10.0 Å². The third kappa shape index (κ3) is 3.31. The fourth-order valence-corrected chi connectivity index (χ4v) is 4.08. The lowest BCUT2D eigenvalue weighted by atomic mass is 10.2. The minimum absolute atomic E-state index is 0.329. The highest BCUT2D eigenvalue weighted by molar-refractivity contribution is 7.89. The highest BCUT2D eigenvalue weighted by Gasteiger charge is 2.25. The van der Waals surface area contributed by atoms with Crippen molar-refractivity contribution in [3.8, 4) is 11.5 Å². The van der Waals surface area contributed by atoms with Crippen molar-refractivity contribution >= 4 is 10.0 Å². The van der Waals surface area contributed by atoms with Crippen LogP contribution in [0, 0.1) is 0 Å². The summed E-state index contributed by atoms with van der Waals surface area (Å²) in [6.45, 7) is 1.23. The summed E-state index contributed by atoms with van der Waals surface area (Å²) in [4.78, 5) is 0.329. The van der Waals surface area contributed by atoms with Gasteiger partial charge in [0.25, 0.3) is 0 Å². The van der Waals surface area contributed by atoms with Crippen LogP contribution >= 0.6 is 0 Å². The SMILES string of the molecule is O=S(=O)(c1ccc(Oc2ccccc2)cc1)N1CCCCC1. The molecule has 1 aliphatic rings. The molecule has 116 valence electrons. The maximum atomic E-state index is 12.5. The van der Waals surface area contributed by atoms with Crippen molar-refractivity contribution in [3.05, 3.63) is 54.6 Å². The van der Waals surface area contributed by atoms with Crippen LogP contribution < -0.4 is 4.74 Å². The van der Waals surface area contributed by atoms with E-state index >= 15 is 0 Å². The summed E-state index contributed by atoms with van der Waals surface area (Å²) in [6.07, 6.45) is 2.98. The van der Waals surface area contributed by atoms with Gasteiger partial charge in [-0.3, -0.25) is 0 Å². The van der Waals surface area contributed by atoms with Crippen molar-refractivity contribution in [3.63, 3.8) is 0 Å². The second-order valence-corrected chi connectivity index (χ2v) is 7.29. The van der Waals surface area contributed by atoms with E-state index in [1.807, 2.05) is 30.3 Å². The number of sulfonamides is 1. The Bertz CT molecular complexity index is 705. The van der Waals surface area contributed by atoms with Gasteiger partial charge in [0.05, 0.1) is 4.90 Å². The molecule has 0 atom stereocenters. The molecule has 3 rings (SSSR count). The van der Waals surface area contributed by atoms with Crippen molar-refractivity contribution in [2.45, 2.75) is 24.2 Å². The van der Waals surface area contributed by atoms with Gasteiger partial charge in [0, 0.05) is 13.1 Å². The van der Waals surface area contributed by atoms with Crippen LogP contribution in [0.15, 0.2) is 59.5 Å². The fraction of sp³-hybridized carbons (Fsp3) is 0.294. The van der Waals surface area contributed by atoms with Crippen LogP contribution in [0.4, 0.5) is 0 Å². The first-order valence-electron chi connectivity index (χ1n) is 7.49. The molecule has 0 bridgehead atoms. The number of ether oxygens (including phenoxy) is 1. The number of piperidine rings is 1. The molecule has 0 amide bonds.